The van der Waals surface area contributed by atoms with Gasteiger partial charge in [0.1, 0.15) is 11.3 Å². The SMILES string of the molecule is CCc1nc2c(C)cc(Br)cn2c1C(=O)Nc1ccc(OC)c([N+](=O)[O-])c1. The monoisotopic (exact) mass is 432 g/mol. The van der Waals surface area contributed by atoms with Crippen LogP contribution in [0, 0.1) is 17.0 Å². The molecule has 9 heteroatoms. The first-order valence-corrected chi connectivity index (χ1v) is 8.95. The van der Waals surface area contributed by atoms with Gasteiger partial charge in [-0.1, -0.05) is 6.92 Å². The second kappa shape index (κ2) is 7.36. The third-order valence-electron chi connectivity index (χ3n) is 4.13. The normalized spacial score (nSPS) is 10.8. The summed E-state index contributed by atoms with van der Waals surface area (Å²) < 4.78 is 7.53. The van der Waals surface area contributed by atoms with E-state index in [4.69, 9.17) is 4.74 Å². The standard InChI is InChI=1S/C18H17BrN4O4/c1-4-13-16(22-9-11(19)7-10(2)17(22)21-13)18(24)20-12-5-6-15(27-3)14(8-12)23(25)26/h5-9H,4H2,1-3H3,(H,20,24). The zero-order valence-electron chi connectivity index (χ0n) is 14.9. The lowest BCUT2D eigenvalue weighted by atomic mass is 10.2. The number of pyridine rings is 1. The number of ether oxygens (including phenoxy) is 1. The molecule has 0 atom stereocenters. The summed E-state index contributed by atoms with van der Waals surface area (Å²) in [5.74, 6) is -0.266. The number of halogens is 1. The fourth-order valence-electron chi connectivity index (χ4n) is 2.90. The summed E-state index contributed by atoms with van der Waals surface area (Å²) in [4.78, 5) is 28.1. The fraction of sp³-hybridized carbons (Fsp3) is 0.222. The number of benzene rings is 1. The minimum Gasteiger partial charge on any atom is -0.490 e. The Balaban J connectivity index is 2.04. The molecule has 0 radical (unpaired) electrons. The highest BCUT2D eigenvalue weighted by molar-refractivity contribution is 9.10. The van der Waals surface area contributed by atoms with Gasteiger partial charge in [-0.25, -0.2) is 4.98 Å². The van der Waals surface area contributed by atoms with E-state index in [2.05, 4.69) is 26.2 Å². The highest BCUT2D eigenvalue weighted by Gasteiger charge is 2.21. The van der Waals surface area contributed by atoms with E-state index >= 15 is 0 Å². The number of nitro benzene ring substituents is 1. The number of aromatic nitrogens is 2. The van der Waals surface area contributed by atoms with Gasteiger partial charge in [0.25, 0.3) is 5.91 Å². The number of methoxy groups -OCH3 is 1. The van der Waals surface area contributed by atoms with Crippen LogP contribution in [-0.4, -0.2) is 27.3 Å². The molecule has 3 aromatic rings. The van der Waals surface area contributed by atoms with Gasteiger partial charge in [-0.15, -0.1) is 0 Å². The number of aryl methyl sites for hydroxylation is 2. The molecule has 27 heavy (non-hydrogen) atoms. The molecule has 0 saturated heterocycles. The van der Waals surface area contributed by atoms with Gasteiger partial charge in [-0.3, -0.25) is 19.3 Å². The third kappa shape index (κ3) is 3.50. The topological polar surface area (TPSA) is 98.8 Å². The summed E-state index contributed by atoms with van der Waals surface area (Å²) in [5, 5.41) is 13.9. The van der Waals surface area contributed by atoms with Crippen LogP contribution in [0.3, 0.4) is 0 Å². The molecule has 0 bridgehead atoms. The number of imidazole rings is 1. The number of hydrogen-bond acceptors (Lipinski definition) is 5. The van der Waals surface area contributed by atoms with Gasteiger partial charge in [-0.2, -0.15) is 0 Å². The van der Waals surface area contributed by atoms with E-state index in [1.54, 1.807) is 16.7 Å². The molecule has 0 saturated carbocycles. The molecule has 0 aliphatic carbocycles. The van der Waals surface area contributed by atoms with Gasteiger partial charge < -0.3 is 10.1 Å². The lowest BCUT2D eigenvalue weighted by Crippen LogP contribution is -2.16. The average molecular weight is 433 g/mol. The largest absolute Gasteiger partial charge is 0.490 e. The molecule has 3 rings (SSSR count). The predicted octanol–water partition coefficient (Wildman–Crippen LogP) is 4.14. The van der Waals surface area contributed by atoms with Gasteiger partial charge in [0, 0.05) is 22.4 Å². The summed E-state index contributed by atoms with van der Waals surface area (Å²) in [6, 6.07) is 6.20. The van der Waals surface area contributed by atoms with E-state index in [0.29, 0.717) is 29.1 Å². The summed E-state index contributed by atoms with van der Waals surface area (Å²) >= 11 is 3.44. The van der Waals surface area contributed by atoms with E-state index in [-0.39, 0.29) is 11.4 Å². The Kier molecular flexibility index (Phi) is 5.13. The van der Waals surface area contributed by atoms with Gasteiger partial charge >= 0.3 is 5.69 Å². The Morgan fingerprint density at radius 3 is 2.78 bits per heavy atom. The van der Waals surface area contributed by atoms with Gasteiger partial charge in [0.15, 0.2) is 5.75 Å². The summed E-state index contributed by atoms with van der Waals surface area (Å²) in [7, 11) is 1.35. The van der Waals surface area contributed by atoms with E-state index in [1.165, 1.54) is 19.2 Å². The van der Waals surface area contributed by atoms with E-state index in [0.717, 1.165) is 10.0 Å². The van der Waals surface area contributed by atoms with Crippen molar-refractivity contribution in [2.24, 2.45) is 0 Å². The van der Waals surface area contributed by atoms with Gasteiger partial charge in [0.05, 0.1) is 17.7 Å². The quantitative estimate of drug-likeness (QED) is 0.482. The van der Waals surface area contributed by atoms with Crippen LogP contribution in [0.25, 0.3) is 5.65 Å². The number of rotatable bonds is 5. The Morgan fingerprint density at radius 1 is 1.41 bits per heavy atom. The first kappa shape index (κ1) is 18.8. The van der Waals surface area contributed by atoms with Crippen LogP contribution in [0.5, 0.6) is 5.75 Å². The summed E-state index contributed by atoms with van der Waals surface area (Å²) in [6.45, 7) is 3.84. The van der Waals surface area contributed by atoms with Crippen LogP contribution in [0.4, 0.5) is 11.4 Å². The number of nitrogens with one attached hydrogen (secondary N) is 1. The Hall–Kier alpha value is -2.94. The van der Waals surface area contributed by atoms with Gasteiger partial charge in [0.2, 0.25) is 0 Å². The molecule has 140 valence electrons. The molecule has 8 nitrogen and oxygen atoms in total. The van der Waals surface area contributed by atoms with Crippen molar-refractivity contribution in [2.75, 3.05) is 12.4 Å². The van der Waals surface area contributed by atoms with Crippen LogP contribution in [0.15, 0.2) is 34.9 Å². The van der Waals surface area contributed by atoms with Crippen LogP contribution in [0.2, 0.25) is 0 Å². The lowest BCUT2D eigenvalue weighted by molar-refractivity contribution is -0.385. The molecule has 0 unspecified atom stereocenters. The number of anilines is 1. The van der Waals surface area contributed by atoms with Crippen molar-refractivity contribution in [1.82, 2.24) is 9.38 Å². The van der Waals surface area contributed by atoms with Crippen LogP contribution in [-0.2, 0) is 6.42 Å². The van der Waals surface area contributed by atoms with E-state index in [9.17, 15) is 14.9 Å². The Labute approximate surface area is 163 Å². The van der Waals surface area contributed by atoms with Crippen molar-refractivity contribution in [3.8, 4) is 5.75 Å². The molecule has 0 aliphatic rings. The number of carbonyl (C=O) groups is 1. The van der Waals surface area contributed by atoms with Crippen molar-refractivity contribution in [2.45, 2.75) is 20.3 Å². The maximum atomic E-state index is 12.9. The highest BCUT2D eigenvalue weighted by Crippen LogP contribution is 2.30. The third-order valence-corrected chi connectivity index (χ3v) is 4.56. The number of nitro groups is 1. The molecular formula is C18H17BrN4O4. The molecule has 1 amide bonds. The maximum absolute atomic E-state index is 12.9. The molecule has 2 aromatic heterocycles. The summed E-state index contributed by atoms with van der Waals surface area (Å²) in [5.41, 5.74) is 2.75. The molecule has 0 spiro atoms. The minimum absolute atomic E-state index is 0.126. The number of amides is 1. The fourth-order valence-corrected chi connectivity index (χ4v) is 3.45. The Bertz CT molecular complexity index is 1060. The number of carbonyl (C=O) groups excluding carboxylic acids is 1. The zero-order valence-corrected chi connectivity index (χ0v) is 16.5. The summed E-state index contributed by atoms with van der Waals surface area (Å²) in [6.07, 6.45) is 2.35. The Morgan fingerprint density at radius 2 is 2.15 bits per heavy atom. The number of nitrogens with zero attached hydrogens (tertiary/aromatic N) is 3. The molecule has 0 aliphatic heterocycles. The van der Waals surface area contributed by atoms with Crippen LogP contribution >= 0.6 is 15.9 Å². The maximum Gasteiger partial charge on any atom is 0.312 e. The zero-order chi connectivity index (χ0) is 19.7. The predicted molar refractivity (Wildman–Crippen MR) is 105 cm³/mol. The second-order valence-electron chi connectivity index (χ2n) is 5.89. The first-order valence-electron chi connectivity index (χ1n) is 8.16. The van der Waals surface area contributed by atoms with Crippen molar-refractivity contribution >= 4 is 38.9 Å². The molecule has 0 fully saturated rings. The first-order chi connectivity index (χ1) is 12.8. The molecule has 1 aromatic carbocycles. The van der Waals surface area contributed by atoms with E-state index in [1.807, 2.05) is 19.9 Å². The minimum atomic E-state index is -0.555. The van der Waals surface area contributed by atoms with E-state index < -0.39 is 10.8 Å². The van der Waals surface area contributed by atoms with Crippen LogP contribution < -0.4 is 10.1 Å². The molecule has 2 heterocycles. The van der Waals surface area contributed by atoms with Crippen molar-refractivity contribution < 1.29 is 14.5 Å². The smallest absolute Gasteiger partial charge is 0.312 e. The van der Waals surface area contributed by atoms with Crippen molar-refractivity contribution in [3.05, 3.63) is 62.0 Å². The average Bonchev–Trinajstić information content (AvgIpc) is 3.00. The van der Waals surface area contributed by atoms with Crippen LogP contribution in [0.1, 0.15) is 28.7 Å². The van der Waals surface area contributed by atoms with Crippen molar-refractivity contribution in [3.63, 3.8) is 0 Å². The number of hydrogen-bond donors (Lipinski definition) is 1. The lowest BCUT2D eigenvalue weighted by Gasteiger charge is -2.09. The molecular weight excluding hydrogens is 416 g/mol. The van der Waals surface area contributed by atoms with Gasteiger partial charge in [-0.05, 0) is 53.0 Å². The highest BCUT2D eigenvalue weighted by atomic mass is 79.9. The number of fused-ring (bicyclic) bond motifs is 1. The van der Waals surface area contributed by atoms with Crippen molar-refractivity contribution in [1.29, 1.82) is 0 Å². The second-order valence-corrected chi connectivity index (χ2v) is 6.81. The molecule has 1 N–H and O–H groups in total.